The fraction of sp³-hybridized carbons (Fsp3) is 0. The molecule has 4 aliphatic heterocycles. The third-order valence-electron chi connectivity index (χ3n) is 18.5. The van der Waals surface area contributed by atoms with Crippen molar-refractivity contribution in [2.75, 3.05) is 29.4 Å². The molecule has 4 aliphatic rings. The highest BCUT2D eigenvalue weighted by atomic mass is 32.1. The minimum Gasteiger partial charge on any atom is -0.310 e. The number of para-hydroxylation sites is 8. The summed E-state index contributed by atoms with van der Waals surface area (Å²) in [5.74, 6) is 0. The zero-order chi connectivity index (χ0) is 59.7. The molecule has 0 saturated heterocycles. The van der Waals surface area contributed by atoms with Gasteiger partial charge in [0.05, 0.1) is 32.8 Å². The Hall–Kier alpha value is -10.8. The second kappa shape index (κ2) is 20.9. The molecule has 0 radical (unpaired) electrons. The van der Waals surface area contributed by atoms with Crippen molar-refractivity contribution in [1.82, 2.24) is 0 Å². The van der Waals surface area contributed by atoms with Gasteiger partial charge >= 0.3 is 0 Å². The van der Waals surface area contributed by atoms with Crippen LogP contribution in [-0.4, -0.2) is 13.4 Å². The lowest BCUT2D eigenvalue weighted by Crippen LogP contribution is -2.60. The highest BCUT2D eigenvalue weighted by Crippen LogP contribution is 2.57. The van der Waals surface area contributed by atoms with Gasteiger partial charge in [-0.15, -0.1) is 22.7 Å². The topological polar surface area (TPSA) is 19.4 Å². The van der Waals surface area contributed by atoms with E-state index in [1.807, 2.05) is 34.0 Å². The van der Waals surface area contributed by atoms with E-state index in [4.69, 9.17) is 0 Å². The van der Waals surface area contributed by atoms with Gasteiger partial charge in [0.15, 0.2) is 0 Å². The fourth-order valence-corrected chi connectivity index (χ4v) is 19.0. The van der Waals surface area contributed by atoms with E-state index in [1.54, 1.807) is 0 Å². The van der Waals surface area contributed by atoms with Crippen molar-refractivity contribution >= 4 is 200 Å². The van der Waals surface area contributed by atoms with Crippen LogP contribution in [0.4, 0.5) is 101 Å². The molecular weight excluding hydrogens is 1160 g/mol. The molecule has 0 unspecified atom stereocenters. The van der Waals surface area contributed by atoms with Crippen LogP contribution in [0, 0.1) is 0 Å². The fourth-order valence-electron chi connectivity index (χ4n) is 14.9. The van der Waals surface area contributed by atoms with E-state index in [-0.39, 0.29) is 13.4 Å². The van der Waals surface area contributed by atoms with Gasteiger partial charge in [-0.25, -0.2) is 0 Å². The number of fused-ring (bicyclic) bond motifs is 13. The van der Waals surface area contributed by atoms with Crippen LogP contribution in [0.25, 0.3) is 20.2 Å². The van der Waals surface area contributed by atoms with Gasteiger partial charge in [-0.3, -0.25) is 0 Å². The molecule has 19 rings (SSSR count). The number of rotatable bonds is 10. The summed E-state index contributed by atoms with van der Waals surface area (Å²) in [6.45, 7) is -0.328. The predicted octanol–water partition coefficient (Wildman–Crippen LogP) is 19.3. The Bertz CT molecular complexity index is 4880. The van der Waals surface area contributed by atoms with E-state index in [9.17, 15) is 0 Å². The number of nitrogens with zero attached hydrogens (tertiary/aromatic N) is 6. The van der Waals surface area contributed by atoms with E-state index in [1.165, 1.54) is 73.0 Å². The van der Waals surface area contributed by atoms with Gasteiger partial charge in [-0.05, 0) is 166 Å². The van der Waals surface area contributed by atoms with Gasteiger partial charge < -0.3 is 29.4 Å². The Kier molecular flexibility index (Phi) is 12.0. The van der Waals surface area contributed by atoms with Crippen molar-refractivity contribution in [3.63, 3.8) is 0 Å². The van der Waals surface area contributed by atoms with Gasteiger partial charge in [-0.2, -0.15) is 11.3 Å². The second-order valence-corrected chi connectivity index (χ2v) is 26.7. The lowest BCUT2D eigenvalue weighted by molar-refractivity contribution is 1.21. The monoisotopic (exact) mass is 1210 g/mol. The zero-order valence-corrected chi connectivity index (χ0v) is 51.5. The average Bonchev–Trinajstić information content (AvgIpc) is 1.57. The van der Waals surface area contributed by atoms with Gasteiger partial charge in [0.2, 0.25) is 0 Å². The number of hydrogen-bond donors (Lipinski definition) is 0. The van der Waals surface area contributed by atoms with Crippen LogP contribution in [-0.2, 0) is 0 Å². The Labute approximate surface area is 541 Å². The molecule has 0 fully saturated rings. The minimum absolute atomic E-state index is 0.164. The van der Waals surface area contributed by atoms with Crippen LogP contribution in [0.3, 0.4) is 0 Å². The first-order valence-electron chi connectivity index (χ1n) is 31.0. The first kappa shape index (κ1) is 52.2. The molecule has 15 aromatic rings. The highest BCUT2D eigenvalue weighted by molar-refractivity contribution is 7.40. The number of thiophene rings is 3. The Balaban J connectivity index is 0.986. The van der Waals surface area contributed by atoms with Gasteiger partial charge in [-0.1, -0.05) is 182 Å². The Morgan fingerprint density at radius 1 is 0.242 bits per heavy atom. The third kappa shape index (κ3) is 7.98. The van der Waals surface area contributed by atoms with Gasteiger partial charge in [0.25, 0.3) is 13.4 Å². The van der Waals surface area contributed by atoms with Crippen LogP contribution in [0.1, 0.15) is 0 Å². The van der Waals surface area contributed by atoms with E-state index in [0.29, 0.717) is 0 Å². The molecule has 12 aromatic carbocycles. The van der Waals surface area contributed by atoms with Crippen molar-refractivity contribution in [3.8, 4) is 0 Å². The summed E-state index contributed by atoms with van der Waals surface area (Å²) in [6, 6.07) is 117. The van der Waals surface area contributed by atoms with E-state index >= 15 is 0 Å². The summed E-state index contributed by atoms with van der Waals surface area (Å²) in [5, 5.41) is 5.05. The molecule has 7 heterocycles. The van der Waals surface area contributed by atoms with E-state index in [0.717, 1.165) is 79.6 Å². The van der Waals surface area contributed by atoms with Crippen molar-refractivity contribution in [1.29, 1.82) is 0 Å². The summed E-state index contributed by atoms with van der Waals surface area (Å²) in [6.07, 6.45) is 0. The molecule has 0 atom stereocenters. The van der Waals surface area contributed by atoms with Gasteiger partial charge in [0, 0.05) is 87.2 Å². The Morgan fingerprint density at radius 2 is 0.505 bits per heavy atom. The van der Waals surface area contributed by atoms with Crippen molar-refractivity contribution in [2.24, 2.45) is 0 Å². The molecule has 0 aliphatic carbocycles. The van der Waals surface area contributed by atoms with Gasteiger partial charge in [0.1, 0.15) is 0 Å². The predicted molar refractivity (Wildman–Crippen MR) is 392 cm³/mol. The Morgan fingerprint density at radius 3 is 0.824 bits per heavy atom. The van der Waals surface area contributed by atoms with Crippen LogP contribution in [0.5, 0.6) is 0 Å². The SMILES string of the molecule is c1ccc(N(c2ccccc2)c2cc3c4c(c2)N(c2ccccc2)c2c(sc5c2N(c2ccccc2)c2cc(N(c6ccccc6)c6ccccc6)cc6c2B5c2c(sc5ccccc25)N6c2ccccc2)B4c2c(sc4ccccc24)N3c2ccccc2)cc1. The standard InChI is InChI=1S/C80H52B2N6S3/c1-9-29-53(30-10-1)83(54-31-11-2-12-32-54)61-49-65-73-67(51-61)87(59-41-21-7-22-42-59)79-71(63-45-25-27-47-69(63)89-79)81(73)77-75(85(65)57-37-17-5-18-38-57)76-78(91-77)82-72-64-46-26-28-48-70(64)90-80(72)88(60-43-23-8-24-44-60)68-52-62(50-66(74(68)82)86(76)58-39-19-6-20-40-58)84(55-33-13-3-14-34-55)56-35-15-4-16-36-56/h1-52H. The summed E-state index contributed by atoms with van der Waals surface area (Å²) >= 11 is 5.85. The minimum atomic E-state index is -0.164. The number of anilines is 18. The highest BCUT2D eigenvalue weighted by Gasteiger charge is 2.54. The maximum Gasteiger partial charge on any atom is 0.266 e. The van der Waals surface area contributed by atoms with Crippen molar-refractivity contribution in [2.45, 2.75) is 0 Å². The molecule has 0 N–H and O–H groups in total. The molecule has 3 aromatic heterocycles. The largest absolute Gasteiger partial charge is 0.310 e. The molecule has 0 saturated carbocycles. The van der Waals surface area contributed by atoms with Crippen molar-refractivity contribution < 1.29 is 0 Å². The average molecular weight is 1220 g/mol. The molecule has 0 bridgehead atoms. The normalized spacial score (nSPS) is 13.1. The summed E-state index contributed by atoms with van der Waals surface area (Å²) in [7, 11) is 0. The summed E-state index contributed by atoms with van der Waals surface area (Å²) in [5.41, 5.74) is 23.1. The quantitative estimate of drug-likeness (QED) is 0.126. The first-order chi connectivity index (χ1) is 45.2. The zero-order valence-electron chi connectivity index (χ0n) is 49.1. The first-order valence-corrected chi connectivity index (χ1v) is 33.4. The summed E-state index contributed by atoms with van der Waals surface area (Å²) < 4.78 is 5.19. The molecule has 426 valence electrons. The number of hydrogen-bond acceptors (Lipinski definition) is 9. The summed E-state index contributed by atoms with van der Waals surface area (Å²) in [4.78, 5) is 15.4. The van der Waals surface area contributed by atoms with Crippen LogP contribution >= 0.6 is 34.0 Å². The molecule has 11 heteroatoms. The lowest BCUT2D eigenvalue weighted by atomic mass is 9.35. The van der Waals surface area contributed by atoms with Crippen LogP contribution < -0.4 is 60.8 Å². The van der Waals surface area contributed by atoms with Crippen LogP contribution in [0.2, 0.25) is 0 Å². The van der Waals surface area contributed by atoms with E-state index < -0.39 is 0 Å². The molecule has 0 amide bonds. The molecule has 91 heavy (non-hydrogen) atoms. The maximum atomic E-state index is 2.66. The molecule has 6 nitrogen and oxygen atoms in total. The smallest absolute Gasteiger partial charge is 0.266 e. The molecular formula is C80H52B2N6S3. The number of benzene rings is 12. The van der Waals surface area contributed by atoms with Crippen LogP contribution in [0.15, 0.2) is 315 Å². The molecule has 0 spiro atoms. The van der Waals surface area contributed by atoms with Crippen molar-refractivity contribution in [3.05, 3.63) is 315 Å². The third-order valence-corrected chi connectivity index (χ3v) is 22.2. The second-order valence-electron chi connectivity index (χ2n) is 23.5. The maximum absolute atomic E-state index is 2.66. The lowest BCUT2D eigenvalue weighted by Gasteiger charge is -2.45. The van der Waals surface area contributed by atoms with E-state index in [2.05, 4.69) is 345 Å².